The lowest BCUT2D eigenvalue weighted by Crippen LogP contribution is -3.00. The van der Waals surface area contributed by atoms with Crippen LogP contribution in [-0.2, 0) is 29.7 Å². The van der Waals surface area contributed by atoms with Gasteiger partial charge in [-0.15, -0.1) is 0 Å². The van der Waals surface area contributed by atoms with Crippen LogP contribution in [0.2, 0.25) is 0 Å². The minimum atomic E-state index is -5.05. The third-order valence-corrected chi connectivity index (χ3v) is 14.6. The zero-order chi connectivity index (χ0) is 42.9. The van der Waals surface area contributed by atoms with Crippen LogP contribution >= 0.6 is 19.5 Å². The molecule has 0 bridgehead atoms. The molecule has 0 aliphatic heterocycles. The second kappa shape index (κ2) is 20.3. The van der Waals surface area contributed by atoms with Gasteiger partial charge in [0.15, 0.2) is 5.11 Å². The molecule has 7 nitrogen and oxygen atoms in total. The predicted octanol–water partition coefficient (Wildman–Crippen LogP) is 7.26. The third kappa shape index (κ3) is 12.2. The van der Waals surface area contributed by atoms with Crippen LogP contribution in [0.5, 0.6) is 0 Å². The zero-order valence-electron chi connectivity index (χ0n) is 32.0. The standard InChI is InChI=1S/C45H37F6N4O3PS.BrH/c46-44(47,48)34-25-32(26-35(28-34)45(49,50)51)29-59(39-17-9-3-10-18-39,40-19-11-4-12-20-40)30-37(27-31-13-5-1-6-14-31)52-42(56)41(33-15-7-2-8-16-33)54-43(60)53-36-21-23-38(24-22-36)55(57)58;/h1-26,28,37,41H,27,29-30H2,(H2-,52,53,54,56,60);1H/t37-,41-;/m0./s1. The minimum absolute atomic E-state index is 0. The van der Waals surface area contributed by atoms with Gasteiger partial charge in [0, 0.05) is 17.8 Å². The molecular weight excluding hydrogens is 901 g/mol. The zero-order valence-corrected chi connectivity index (χ0v) is 35.3. The Morgan fingerprint density at radius 3 is 1.61 bits per heavy atom. The van der Waals surface area contributed by atoms with E-state index in [0.29, 0.717) is 11.3 Å². The van der Waals surface area contributed by atoms with Crippen molar-refractivity contribution in [2.24, 2.45) is 0 Å². The summed E-state index contributed by atoms with van der Waals surface area (Å²) in [4.78, 5) is 25.3. The topological polar surface area (TPSA) is 96.3 Å². The smallest absolute Gasteiger partial charge is 0.416 e. The number of nitrogens with zero attached hydrogens (tertiary/aromatic N) is 1. The molecule has 0 saturated heterocycles. The van der Waals surface area contributed by atoms with Crippen molar-refractivity contribution in [1.82, 2.24) is 10.6 Å². The number of hydrogen-bond acceptors (Lipinski definition) is 4. The molecule has 0 aromatic heterocycles. The molecule has 61 heavy (non-hydrogen) atoms. The summed E-state index contributed by atoms with van der Waals surface area (Å²) in [6.45, 7) is 0. The van der Waals surface area contributed by atoms with E-state index in [1.165, 1.54) is 24.3 Å². The van der Waals surface area contributed by atoms with E-state index >= 15 is 0 Å². The van der Waals surface area contributed by atoms with E-state index < -0.39 is 53.7 Å². The molecule has 0 radical (unpaired) electrons. The summed E-state index contributed by atoms with van der Waals surface area (Å²) >= 11 is 5.61. The van der Waals surface area contributed by atoms with Crippen LogP contribution in [0.3, 0.4) is 0 Å². The first-order valence-electron chi connectivity index (χ1n) is 18.6. The Labute approximate surface area is 364 Å². The van der Waals surface area contributed by atoms with Crippen LogP contribution in [0.25, 0.3) is 0 Å². The van der Waals surface area contributed by atoms with E-state index in [9.17, 15) is 41.3 Å². The Kier molecular flexibility index (Phi) is 15.4. The highest BCUT2D eigenvalue weighted by Crippen LogP contribution is 2.60. The third-order valence-electron chi connectivity index (χ3n) is 9.81. The summed E-state index contributed by atoms with van der Waals surface area (Å²) in [5.41, 5.74) is -1.28. The second-order valence-electron chi connectivity index (χ2n) is 14.0. The van der Waals surface area contributed by atoms with E-state index in [0.717, 1.165) is 28.3 Å². The summed E-state index contributed by atoms with van der Waals surface area (Å²) in [5.74, 6) is -0.507. The van der Waals surface area contributed by atoms with Crippen molar-refractivity contribution in [2.45, 2.75) is 37.0 Å². The van der Waals surface area contributed by atoms with Gasteiger partial charge in [-0.05, 0) is 89.9 Å². The van der Waals surface area contributed by atoms with Gasteiger partial charge in [0.1, 0.15) is 6.04 Å². The average Bonchev–Trinajstić information content (AvgIpc) is 3.23. The summed E-state index contributed by atoms with van der Waals surface area (Å²) in [5, 5.41) is 21.9. The quantitative estimate of drug-likeness (QED) is 0.0350. The number of anilines is 1. The number of carbonyl (C=O) groups is 1. The van der Waals surface area contributed by atoms with Crippen LogP contribution in [0.4, 0.5) is 37.7 Å². The van der Waals surface area contributed by atoms with Gasteiger partial charge in [-0.1, -0.05) is 97.1 Å². The Morgan fingerprint density at radius 2 is 1.13 bits per heavy atom. The van der Waals surface area contributed by atoms with Gasteiger partial charge in [0.2, 0.25) is 5.91 Å². The Morgan fingerprint density at radius 1 is 0.656 bits per heavy atom. The lowest BCUT2D eigenvalue weighted by Gasteiger charge is -2.33. The van der Waals surface area contributed by atoms with Crippen molar-refractivity contribution in [3.63, 3.8) is 0 Å². The van der Waals surface area contributed by atoms with E-state index in [1.807, 2.05) is 54.6 Å². The molecule has 0 aliphatic carbocycles. The van der Waals surface area contributed by atoms with Crippen molar-refractivity contribution in [3.05, 3.63) is 202 Å². The molecule has 6 rings (SSSR count). The van der Waals surface area contributed by atoms with Crippen molar-refractivity contribution in [2.75, 3.05) is 11.5 Å². The summed E-state index contributed by atoms with van der Waals surface area (Å²) < 4.78 is 85.4. The monoisotopic (exact) mass is 938 g/mol. The maximum Gasteiger partial charge on any atom is 0.416 e. The number of thiocarbonyl (C=S) groups is 1. The average molecular weight is 940 g/mol. The van der Waals surface area contributed by atoms with Gasteiger partial charge >= 0.3 is 12.4 Å². The van der Waals surface area contributed by atoms with Crippen LogP contribution in [0.15, 0.2) is 164 Å². The first-order chi connectivity index (χ1) is 28.6. The Bertz CT molecular complexity index is 2330. The highest BCUT2D eigenvalue weighted by molar-refractivity contribution is 7.88. The fourth-order valence-electron chi connectivity index (χ4n) is 7.09. The highest BCUT2D eigenvalue weighted by atomic mass is 79.9. The Hall–Kier alpha value is -5.63. The SMILES string of the molecule is O=C(N[C@@H](Cc1ccccc1)C[P+](Cc1cc(C(F)(F)F)cc(C(F)(F)F)c1)(c1ccccc1)c1ccccc1)[C@@H](NC(=S)Nc1ccc([N+](=O)[O-])cc1)c1ccccc1.[Br-]. The number of amides is 1. The first kappa shape index (κ1) is 46.4. The normalized spacial score (nSPS) is 12.6. The van der Waals surface area contributed by atoms with Gasteiger partial charge in [-0.3, -0.25) is 14.9 Å². The number of benzene rings is 6. The molecule has 3 N–H and O–H groups in total. The molecule has 16 heteroatoms. The second-order valence-corrected chi connectivity index (χ2v) is 18.1. The number of nitrogens with one attached hydrogen (secondary N) is 3. The van der Waals surface area contributed by atoms with Crippen LogP contribution in [-0.4, -0.2) is 28.1 Å². The molecule has 0 unspecified atom stereocenters. The molecule has 6 aromatic carbocycles. The number of hydrogen-bond donors (Lipinski definition) is 3. The maximum absolute atomic E-state index is 14.7. The number of carbonyl (C=O) groups excluding carboxylic acids is 1. The maximum atomic E-state index is 14.7. The number of alkyl halides is 6. The number of rotatable bonds is 14. The molecule has 316 valence electrons. The van der Waals surface area contributed by atoms with E-state index in [-0.39, 0.29) is 58.2 Å². The fraction of sp³-hybridized carbons (Fsp3) is 0.156. The minimum Gasteiger partial charge on any atom is -1.00 e. The molecule has 0 aliphatic rings. The van der Waals surface area contributed by atoms with E-state index in [2.05, 4.69) is 16.0 Å². The van der Waals surface area contributed by atoms with Gasteiger partial charge in [0.05, 0.1) is 52.3 Å². The summed E-state index contributed by atoms with van der Waals surface area (Å²) in [6.07, 6.45) is -9.87. The van der Waals surface area contributed by atoms with E-state index in [4.69, 9.17) is 12.2 Å². The van der Waals surface area contributed by atoms with E-state index in [1.54, 1.807) is 66.7 Å². The van der Waals surface area contributed by atoms with Gasteiger partial charge < -0.3 is 32.9 Å². The molecule has 0 fully saturated rings. The van der Waals surface area contributed by atoms with Crippen LogP contribution in [0.1, 0.15) is 33.9 Å². The molecular formula is C45H38BrF6N4O3PS. The van der Waals surface area contributed by atoms with Crippen molar-refractivity contribution in [1.29, 1.82) is 0 Å². The molecule has 1 amide bonds. The summed E-state index contributed by atoms with van der Waals surface area (Å²) in [7, 11) is -3.06. The van der Waals surface area contributed by atoms with Gasteiger partial charge in [0.25, 0.3) is 5.69 Å². The number of halogens is 7. The van der Waals surface area contributed by atoms with Crippen molar-refractivity contribution < 1.29 is 53.0 Å². The lowest BCUT2D eigenvalue weighted by atomic mass is 10.0. The van der Waals surface area contributed by atoms with Gasteiger partial charge in [-0.2, -0.15) is 26.3 Å². The number of non-ortho nitro benzene ring substituents is 1. The fourth-order valence-corrected chi connectivity index (χ4v) is 11.8. The van der Waals surface area contributed by atoms with Gasteiger partial charge in [-0.25, -0.2) is 0 Å². The number of nitro groups is 1. The Balaban J connectivity index is 0.00000704. The summed E-state index contributed by atoms with van der Waals surface area (Å²) in [6, 6.07) is 41.4. The van der Waals surface area contributed by atoms with Crippen LogP contribution in [0, 0.1) is 10.1 Å². The largest absolute Gasteiger partial charge is 1.00 e. The molecule has 0 spiro atoms. The molecule has 2 atom stereocenters. The first-order valence-corrected chi connectivity index (χ1v) is 21.2. The predicted molar refractivity (Wildman–Crippen MR) is 228 cm³/mol. The van der Waals surface area contributed by atoms with Crippen molar-refractivity contribution in [3.8, 4) is 0 Å². The molecule has 6 aromatic rings. The number of nitro benzene ring substituents is 1. The molecule has 0 heterocycles. The molecule has 0 saturated carbocycles. The van der Waals surface area contributed by atoms with Crippen LogP contribution < -0.4 is 43.5 Å². The highest BCUT2D eigenvalue weighted by Gasteiger charge is 2.47. The lowest BCUT2D eigenvalue weighted by molar-refractivity contribution is -0.384. The van der Waals surface area contributed by atoms with Crippen molar-refractivity contribution >= 4 is 52.5 Å².